The van der Waals surface area contributed by atoms with Crippen molar-refractivity contribution >= 4 is 106 Å². The molecule has 0 saturated heterocycles. The number of aliphatic imine (C=N–C) groups is 2. The molecule has 8 aromatic rings. The average molecular weight is 1720 g/mol. The molecule has 0 atom stereocenters. The second kappa shape index (κ2) is 47.9. The maximum Gasteiger partial charge on any atom is 0.218 e. The summed E-state index contributed by atoms with van der Waals surface area (Å²) in [7, 11) is 0. The maximum atomic E-state index is 5.37. The van der Waals surface area contributed by atoms with Gasteiger partial charge in [-0.3, -0.25) is 9.98 Å². The SMILES string of the molecule is C#CC1=CCC=C1C(C)(C)C.C=CC1=NC(C(C)(C)C)=CC1.C=CC1=NCC(C(C)(C)C)=C1.C=Cc1cc(C(C)(C)C)on1.C=Cc1cc(C(C)(C)C)sn1.C=Cc1nc(C(C)(C)C)co1.C=Cc1nc(C(C)(C)C)cs1.C=Cc1ncc(C(C)(C)C)o1.C=Cc1ncc(C(C)(C)C)s1.C=Cc1nocc1C(C)(C)C.C=Cc1nscc1C(C)(C)C. The van der Waals surface area contributed by atoms with E-state index in [-0.39, 0.29) is 59.6 Å². The van der Waals surface area contributed by atoms with E-state index in [9.17, 15) is 0 Å². The summed E-state index contributed by atoms with van der Waals surface area (Å²) >= 11 is 6.41. The van der Waals surface area contributed by atoms with Gasteiger partial charge in [0.2, 0.25) is 11.8 Å². The van der Waals surface area contributed by atoms with Crippen molar-refractivity contribution < 1.29 is 17.9 Å². The Morgan fingerprint density at radius 3 is 1.32 bits per heavy atom. The second-order valence-corrected chi connectivity index (χ2v) is 43.3. The van der Waals surface area contributed by atoms with Crippen molar-refractivity contribution in [2.75, 3.05) is 6.54 Å². The molecule has 8 aromatic heterocycles. The van der Waals surface area contributed by atoms with Crippen molar-refractivity contribution in [1.29, 1.82) is 0 Å². The van der Waals surface area contributed by atoms with Gasteiger partial charge in [0.25, 0.3) is 0 Å². The molecule has 0 N–H and O–H groups in total. The first-order valence-corrected chi connectivity index (χ1v) is 44.1. The van der Waals surface area contributed by atoms with Crippen LogP contribution in [0, 0.1) is 28.6 Å². The number of terminal acetylenes is 1. The van der Waals surface area contributed by atoms with Gasteiger partial charge in [-0.15, -0.1) is 29.1 Å². The lowest BCUT2D eigenvalue weighted by molar-refractivity contribution is 0.328. The summed E-state index contributed by atoms with van der Waals surface area (Å²) in [6.45, 7) is 108. The number of hydrogen-bond donors (Lipinski definition) is 0. The first kappa shape index (κ1) is 110. The smallest absolute Gasteiger partial charge is 0.218 e. The lowest BCUT2D eigenvalue weighted by Gasteiger charge is -2.20. The quantitative estimate of drug-likeness (QED) is 0.118. The number of oxazole rings is 2. The molecule has 1 aliphatic carbocycles. The van der Waals surface area contributed by atoms with E-state index in [4.69, 9.17) is 24.3 Å². The Morgan fingerprint density at radius 1 is 0.455 bits per heavy atom. The minimum Gasteiger partial charge on any atom is -0.445 e. The fourth-order valence-corrected chi connectivity index (χ4v) is 13.1. The van der Waals surface area contributed by atoms with E-state index < -0.39 is 0 Å². The van der Waals surface area contributed by atoms with Gasteiger partial charge >= 0.3 is 0 Å². The van der Waals surface area contributed by atoms with Gasteiger partial charge in [-0.05, 0) is 152 Å². The molecule has 121 heavy (non-hydrogen) atoms. The molecule has 0 fully saturated rings. The average Bonchev–Trinajstić information content (AvgIpc) is 1.70. The zero-order chi connectivity index (χ0) is 93.3. The Morgan fingerprint density at radius 2 is 1.02 bits per heavy atom. The van der Waals surface area contributed by atoms with E-state index >= 15 is 0 Å². The summed E-state index contributed by atoms with van der Waals surface area (Å²) in [4.78, 5) is 28.2. The molecule has 0 amide bonds. The van der Waals surface area contributed by atoms with Crippen LogP contribution in [0.1, 0.15) is 330 Å². The molecular weight excluding hydrogens is 1570 g/mol. The van der Waals surface area contributed by atoms with Crippen molar-refractivity contribution in [3.8, 4) is 12.3 Å². The second-order valence-electron chi connectivity index (χ2n) is 39.9. The minimum absolute atomic E-state index is 0.0360. The molecule has 0 unspecified atom stereocenters. The Bertz CT molecular complexity index is 4380. The number of hydrogen-bond acceptors (Lipinski definition) is 18. The molecule has 14 nitrogen and oxygen atoms in total. The van der Waals surface area contributed by atoms with Crippen molar-refractivity contribution in [3.63, 3.8) is 0 Å². The normalized spacial score (nSPS) is 13.2. The lowest BCUT2D eigenvalue weighted by atomic mass is 9.84. The van der Waals surface area contributed by atoms with Crippen molar-refractivity contribution in [1.82, 2.24) is 39.0 Å². The van der Waals surface area contributed by atoms with E-state index in [0.717, 1.165) is 97.6 Å². The Hall–Kier alpha value is -9.38. The van der Waals surface area contributed by atoms with Crippen LogP contribution in [-0.2, 0) is 43.3 Å². The molecule has 0 bridgehead atoms. The number of thiazole rings is 2. The van der Waals surface area contributed by atoms with Crippen LogP contribution >= 0.6 is 45.7 Å². The fourth-order valence-electron chi connectivity index (χ4n) is 9.73. The molecule has 10 heterocycles. The highest BCUT2D eigenvalue weighted by Crippen LogP contribution is 2.37. The van der Waals surface area contributed by atoms with Crippen molar-refractivity contribution in [3.05, 3.63) is 261 Å². The predicted molar refractivity (Wildman–Crippen MR) is 534 cm³/mol. The van der Waals surface area contributed by atoms with Crippen LogP contribution in [0.5, 0.6) is 0 Å². The third-order valence-electron chi connectivity index (χ3n) is 17.6. The summed E-state index contributed by atoms with van der Waals surface area (Å²) < 4.78 is 28.9. The summed E-state index contributed by atoms with van der Waals surface area (Å²) in [5.41, 5.74) is 16.9. The van der Waals surface area contributed by atoms with Gasteiger partial charge in [-0.1, -0.05) is 329 Å². The van der Waals surface area contributed by atoms with Gasteiger partial charge in [-0.25, -0.2) is 19.9 Å². The number of aromatic nitrogens is 8. The zero-order valence-electron chi connectivity index (χ0n) is 80.2. The standard InChI is InChI=1S/C11H14.2C10H15N.4C9H13NO.4C9H13NS/c1-5-9-7-6-8-10(9)11(2,3)4;1-5-9-6-8(7-11-9)10(2,3)4;1-5-8-6-7-9(11-8)10(2,3)4;1-5-8-10-7(6-11-8)9(2,3)4;1-5-8-10-6-7(11-8)9(2,3)4;1-5-8-7(6-11-10-8)9(2,3)4;1-5-7-6-8(11-10-7)9(2,3)4;1-5-8-10-7(6-11-8)9(2,3)4;1-5-8-10-6-7(11-8)9(2,3)4;1-5-8-7(6-11-10-8)9(2,3)4;1-5-7-6-8(11-10-7)9(2,3)4/h1,7-8H,6H2,2-4H3;5-6H,1,7H2,2-4H3;5,7H,1,6H2,2-4H3;8*5-6H,1H2,2-4H3. The number of nitrogens with zero attached hydrogens (tertiary/aromatic N) is 10. The summed E-state index contributed by atoms with van der Waals surface area (Å²) in [6.07, 6.45) is 40.4. The fraction of sp³-hybridized carbons (Fsp3) is 0.456. The zero-order valence-corrected chi connectivity index (χ0v) is 83.5. The summed E-state index contributed by atoms with van der Waals surface area (Å²) in [6, 6.07) is 4.00. The number of rotatable bonds is 10. The highest BCUT2D eigenvalue weighted by Gasteiger charge is 2.27. The van der Waals surface area contributed by atoms with Crippen LogP contribution in [0.3, 0.4) is 0 Å². The highest BCUT2D eigenvalue weighted by atomic mass is 32.1. The van der Waals surface area contributed by atoms with Gasteiger partial charge in [0.1, 0.15) is 45.4 Å². The molecule has 0 radical (unpaired) electrons. The Kier molecular flexibility index (Phi) is 43.4. The topological polar surface area (TPSA) is 180 Å². The molecule has 3 aliphatic rings. The maximum absolute atomic E-state index is 5.37. The molecular formula is C103H148N10O4S4. The summed E-state index contributed by atoms with van der Waals surface area (Å²) in [5, 5.41) is 13.8. The van der Waals surface area contributed by atoms with Crippen LogP contribution in [0.4, 0.5) is 0 Å². The largest absolute Gasteiger partial charge is 0.445 e. The van der Waals surface area contributed by atoms with Gasteiger partial charge < -0.3 is 17.9 Å². The molecule has 11 rings (SSSR count). The first-order chi connectivity index (χ1) is 55.5. The molecule has 0 aromatic carbocycles. The highest BCUT2D eigenvalue weighted by molar-refractivity contribution is 7.12. The third-order valence-corrected chi connectivity index (χ3v) is 21.7. The van der Waals surface area contributed by atoms with E-state index in [1.165, 1.54) is 43.7 Å². The van der Waals surface area contributed by atoms with E-state index in [1.54, 1.807) is 102 Å². The molecule has 2 aliphatic heterocycles. The monoisotopic (exact) mass is 1720 g/mol. The lowest BCUT2D eigenvalue weighted by Crippen LogP contribution is -2.11. The van der Waals surface area contributed by atoms with Gasteiger partial charge in [-0.2, -0.15) is 8.75 Å². The minimum atomic E-state index is 0.0360. The van der Waals surface area contributed by atoms with Gasteiger partial charge in [0.15, 0.2) is 0 Å². The van der Waals surface area contributed by atoms with Crippen molar-refractivity contribution in [2.24, 2.45) is 26.2 Å². The molecule has 18 heteroatoms. The molecule has 658 valence electrons. The first-order valence-electron chi connectivity index (χ1n) is 40.8. The molecule has 0 spiro atoms. The number of allylic oxidation sites excluding steroid dienone is 9. The van der Waals surface area contributed by atoms with Crippen molar-refractivity contribution in [2.45, 2.75) is 285 Å². The van der Waals surface area contributed by atoms with E-state index in [2.05, 4.69) is 390 Å². The van der Waals surface area contributed by atoms with Gasteiger partial charge in [0, 0.05) is 88.8 Å². The Labute approximate surface area is 748 Å². The summed E-state index contributed by atoms with van der Waals surface area (Å²) in [5.74, 6) is 5.69. The molecule has 0 saturated carbocycles. The third kappa shape index (κ3) is 40.0. The van der Waals surface area contributed by atoms with Crippen LogP contribution < -0.4 is 0 Å². The van der Waals surface area contributed by atoms with Gasteiger partial charge in [0.05, 0.1) is 41.2 Å². The van der Waals surface area contributed by atoms with E-state index in [0.29, 0.717) is 11.8 Å². The van der Waals surface area contributed by atoms with Crippen LogP contribution in [0.15, 0.2) is 200 Å². The van der Waals surface area contributed by atoms with E-state index in [1.807, 2.05) is 24.4 Å². The Balaban J connectivity index is 0.000000665. The van der Waals surface area contributed by atoms with Crippen LogP contribution in [0.2, 0.25) is 0 Å². The van der Waals surface area contributed by atoms with Crippen LogP contribution in [0.25, 0.3) is 48.6 Å². The van der Waals surface area contributed by atoms with Crippen LogP contribution in [-0.4, -0.2) is 57.0 Å². The predicted octanol–water partition coefficient (Wildman–Crippen LogP) is 31.3.